The molecule has 2 heterocycles. The summed E-state index contributed by atoms with van der Waals surface area (Å²) in [5.74, 6) is 0.266. The van der Waals surface area contributed by atoms with Crippen molar-refractivity contribution in [1.82, 2.24) is 14.9 Å². The van der Waals surface area contributed by atoms with Crippen molar-refractivity contribution < 1.29 is 19.2 Å². The van der Waals surface area contributed by atoms with Crippen LogP contribution in [0.2, 0.25) is 0 Å². The van der Waals surface area contributed by atoms with Gasteiger partial charge in [0.05, 0.1) is 31.0 Å². The van der Waals surface area contributed by atoms with Gasteiger partial charge in [-0.25, -0.2) is 0 Å². The lowest BCUT2D eigenvalue weighted by atomic mass is 10.1. The van der Waals surface area contributed by atoms with Crippen LogP contribution >= 0.6 is 0 Å². The van der Waals surface area contributed by atoms with Crippen LogP contribution in [0.5, 0.6) is 11.8 Å². The molecular formula is C16H16N4O5. The van der Waals surface area contributed by atoms with Crippen molar-refractivity contribution in [2.45, 2.75) is 12.5 Å². The lowest BCUT2D eigenvalue weighted by Crippen LogP contribution is -2.31. The smallest absolute Gasteiger partial charge is 0.282 e. The third-order valence-corrected chi connectivity index (χ3v) is 3.85. The quantitative estimate of drug-likeness (QED) is 0.600. The molecule has 1 aromatic heterocycles. The fourth-order valence-corrected chi connectivity index (χ4v) is 2.65. The number of hydrogen-bond acceptors (Lipinski definition) is 7. The van der Waals surface area contributed by atoms with Gasteiger partial charge in [-0.3, -0.25) is 19.9 Å². The van der Waals surface area contributed by atoms with Gasteiger partial charge in [-0.1, -0.05) is 12.1 Å². The highest BCUT2D eigenvalue weighted by atomic mass is 16.6. The van der Waals surface area contributed by atoms with Crippen LogP contribution in [0.25, 0.3) is 0 Å². The number of carbonyl (C=O) groups is 1. The van der Waals surface area contributed by atoms with Crippen LogP contribution in [0.4, 0.5) is 5.69 Å². The van der Waals surface area contributed by atoms with Gasteiger partial charge in [-0.15, -0.1) is 0 Å². The second kappa shape index (κ2) is 7.12. The molecule has 1 atom stereocenters. The number of hydrogen-bond donors (Lipinski definition) is 0. The second-order valence-corrected chi connectivity index (χ2v) is 5.45. The molecule has 9 nitrogen and oxygen atoms in total. The van der Waals surface area contributed by atoms with Gasteiger partial charge in [0.2, 0.25) is 11.8 Å². The lowest BCUT2D eigenvalue weighted by Gasteiger charge is -2.17. The van der Waals surface area contributed by atoms with Crippen LogP contribution in [0.1, 0.15) is 16.8 Å². The average molecular weight is 344 g/mol. The zero-order valence-electron chi connectivity index (χ0n) is 13.5. The summed E-state index contributed by atoms with van der Waals surface area (Å²) in [5, 5.41) is 11.1. The van der Waals surface area contributed by atoms with E-state index in [1.807, 2.05) is 0 Å². The summed E-state index contributed by atoms with van der Waals surface area (Å²) in [7, 11) is 1.48. The Hall–Kier alpha value is -3.23. The summed E-state index contributed by atoms with van der Waals surface area (Å²) in [4.78, 5) is 32.8. The first-order valence-corrected chi connectivity index (χ1v) is 7.64. The largest absolute Gasteiger partial charge is 0.480 e. The van der Waals surface area contributed by atoms with Crippen molar-refractivity contribution in [2.24, 2.45) is 0 Å². The number of carbonyl (C=O) groups excluding carboxylic acids is 1. The Bertz CT molecular complexity index is 798. The predicted molar refractivity (Wildman–Crippen MR) is 86.6 cm³/mol. The standard InChI is InChI=1S/C16H16N4O5/c1-24-14-8-17-9-15(18-14)25-11-6-7-19(10-11)16(21)12-4-2-3-5-13(12)20(22)23/h2-5,8-9,11H,6-7,10H2,1H3. The van der Waals surface area contributed by atoms with Crippen LogP contribution < -0.4 is 9.47 Å². The Kier molecular flexibility index (Phi) is 4.73. The van der Waals surface area contributed by atoms with Gasteiger partial charge < -0.3 is 14.4 Å². The van der Waals surface area contributed by atoms with Gasteiger partial charge in [0.25, 0.3) is 11.6 Å². The molecule has 1 amide bonds. The number of benzene rings is 1. The molecule has 9 heteroatoms. The second-order valence-electron chi connectivity index (χ2n) is 5.45. The first-order chi connectivity index (χ1) is 12.1. The number of aromatic nitrogens is 2. The zero-order chi connectivity index (χ0) is 17.8. The van der Waals surface area contributed by atoms with E-state index >= 15 is 0 Å². The minimum Gasteiger partial charge on any atom is -0.480 e. The molecule has 25 heavy (non-hydrogen) atoms. The highest BCUT2D eigenvalue weighted by Crippen LogP contribution is 2.23. The van der Waals surface area contributed by atoms with Gasteiger partial charge in [0, 0.05) is 19.0 Å². The minimum absolute atomic E-state index is 0.0781. The lowest BCUT2D eigenvalue weighted by molar-refractivity contribution is -0.385. The Morgan fingerprint density at radius 3 is 2.84 bits per heavy atom. The van der Waals surface area contributed by atoms with E-state index in [1.165, 1.54) is 37.7 Å². The van der Waals surface area contributed by atoms with E-state index in [1.54, 1.807) is 11.0 Å². The summed E-state index contributed by atoms with van der Waals surface area (Å²) in [5.41, 5.74) is -0.121. The molecule has 1 aromatic carbocycles. The molecule has 0 spiro atoms. The monoisotopic (exact) mass is 344 g/mol. The number of amides is 1. The minimum atomic E-state index is -0.552. The van der Waals surface area contributed by atoms with Crippen molar-refractivity contribution in [3.05, 3.63) is 52.3 Å². The topological polar surface area (TPSA) is 108 Å². The highest BCUT2D eigenvalue weighted by molar-refractivity contribution is 5.98. The summed E-state index contributed by atoms with van der Waals surface area (Å²) in [6.45, 7) is 0.775. The van der Waals surface area contributed by atoms with Crippen LogP contribution in [0.15, 0.2) is 36.7 Å². The molecule has 0 bridgehead atoms. The van der Waals surface area contributed by atoms with Crippen molar-refractivity contribution in [1.29, 1.82) is 0 Å². The van der Waals surface area contributed by atoms with E-state index in [-0.39, 0.29) is 23.3 Å². The van der Waals surface area contributed by atoms with Gasteiger partial charge in [-0.05, 0) is 6.07 Å². The molecule has 3 rings (SSSR count). The fraction of sp³-hybridized carbons (Fsp3) is 0.312. The molecule has 1 saturated heterocycles. The number of rotatable bonds is 5. The molecule has 0 N–H and O–H groups in total. The summed E-state index contributed by atoms with van der Waals surface area (Å²) in [6, 6.07) is 5.92. The SMILES string of the molecule is COc1cncc(OC2CCN(C(=O)c3ccccc3[N+](=O)[O-])C2)n1. The molecule has 1 aliphatic heterocycles. The highest BCUT2D eigenvalue weighted by Gasteiger charge is 2.31. The van der Waals surface area contributed by atoms with Gasteiger partial charge in [-0.2, -0.15) is 4.98 Å². The van der Waals surface area contributed by atoms with Gasteiger partial charge in [0.1, 0.15) is 11.7 Å². The number of nitro benzene ring substituents is 1. The van der Waals surface area contributed by atoms with E-state index in [0.717, 1.165) is 0 Å². The molecule has 2 aromatic rings. The summed E-state index contributed by atoms with van der Waals surface area (Å²) in [6.07, 6.45) is 3.28. The molecule has 1 unspecified atom stereocenters. The van der Waals surface area contributed by atoms with E-state index < -0.39 is 4.92 Å². The fourth-order valence-electron chi connectivity index (χ4n) is 2.65. The molecule has 1 aliphatic rings. The number of nitrogens with zero attached hydrogens (tertiary/aromatic N) is 4. The van der Waals surface area contributed by atoms with E-state index in [0.29, 0.717) is 31.3 Å². The third-order valence-electron chi connectivity index (χ3n) is 3.85. The third kappa shape index (κ3) is 3.65. The first kappa shape index (κ1) is 16.6. The number of ether oxygens (including phenoxy) is 2. The molecule has 1 fully saturated rings. The van der Waals surface area contributed by atoms with Gasteiger partial charge >= 0.3 is 0 Å². The van der Waals surface area contributed by atoms with Crippen molar-refractivity contribution in [3.8, 4) is 11.8 Å². The van der Waals surface area contributed by atoms with Crippen LogP contribution in [-0.2, 0) is 0 Å². The van der Waals surface area contributed by atoms with Crippen molar-refractivity contribution >= 4 is 11.6 Å². The van der Waals surface area contributed by atoms with E-state index in [4.69, 9.17) is 9.47 Å². The maximum absolute atomic E-state index is 12.6. The van der Waals surface area contributed by atoms with Crippen molar-refractivity contribution in [2.75, 3.05) is 20.2 Å². The number of nitro groups is 1. The number of methoxy groups -OCH3 is 1. The Balaban J connectivity index is 1.68. The van der Waals surface area contributed by atoms with Crippen molar-refractivity contribution in [3.63, 3.8) is 0 Å². The molecule has 130 valence electrons. The van der Waals surface area contributed by atoms with Crippen LogP contribution in [0.3, 0.4) is 0 Å². The number of likely N-dealkylation sites (tertiary alicyclic amines) is 1. The maximum atomic E-state index is 12.6. The first-order valence-electron chi connectivity index (χ1n) is 7.64. The summed E-state index contributed by atoms with van der Waals surface area (Å²) >= 11 is 0. The Morgan fingerprint density at radius 2 is 2.08 bits per heavy atom. The zero-order valence-corrected chi connectivity index (χ0v) is 13.5. The van der Waals surface area contributed by atoms with Crippen LogP contribution in [-0.4, -0.2) is 52.0 Å². The summed E-state index contributed by atoms with van der Waals surface area (Å²) < 4.78 is 10.7. The normalized spacial score (nSPS) is 16.5. The molecular weight excluding hydrogens is 328 g/mol. The van der Waals surface area contributed by atoms with Gasteiger partial charge in [0.15, 0.2) is 0 Å². The maximum Gasteiger partial charge on any atom is 0.282 e. The number of para-hydroxylation sites is 1. The van der Waals surface area contributed by atoms with E-state index in [2.05, 4.69) is 9.97 Å². The molecule has 0 radical (unpaired) electrons. The predicted octanol–water partition coefficient (Wildman–Crippen LogP) is 1.69. The average Bonchev–Trinajstić information content (AvgIpc) is 3.09. The Labute approximate surface area is 143 Å². The molecule has 0 saturated carbocycles. The van der Waals surface area contributed by atoms with E-state index in [9.17, 15) is 14.9 Å². The van der Waals surface area contributed by atoms with Crippen LogP contribution in [0, 0.1) is 10.1 Å². The Morgan fingerprint density at radius 1 is 1.32 bits per heavy atom. The molecule has 0 aliphatic carbocycles.